The topological polar surface area (TPSA) is 105 Å². The van der Waals surface area contributed by atoms with E-state index in [1.807, 2.05) is 24.0 Å². The van der Waals surface area contributed by atoms with Gasteiger partial charge in [0.25, 0.3) is 5.91 Å². The van der Waals surface area contributed by atoms with Crippen molar-refractivity contribution in [2.45, 2.75) is 19.8 Å². The third-order valence-electron chi connectivity index (χ3n) is 6.57. The van der Waals surface area contributed by atoms with Crippen LogP contribution in [0.3, 0.4) is 0 Å². The maximum absolute atomic E-state index is 13.1. The first-order valence-corrected chi connectivity index (χ1v) is 11.5. The van der Waals surface area contributed by atoms with E-state index < -0.39 is 0 Å². The fourth-order valence-electron chi connectivity index (χ4n) is 4.67. The minimum atomic E-state index is -0.304. The quantitative estimate of drug-likeness (QED) is 0.625. The van der Waals surface area contributed by atoms with Crippen LogP contribution in [0.2, 0.25) is 0 Å². The molecule has 1 fully saturated rings. The maximum atomic E-state index is 13.1. The molecule has 0 radical (unpaired) electrons. The number of carbonyl (C=O) groups excluding carboxylic acids is 3. The van der Waals surface area contributed by atoms with Gasteiger partial charge in [0.15, 0.2) is 11.6 Å². The van der Waals surface area contributed by atoms with E-state index in [9.17, 15) is 14.4 Å². The first kappa shape index (κ1) is 22.1. The zero-order valence-electron chi connectivity index (χ0n) is 19.3. The van der Waals surface area contributed by atoms with Crippen LogP contribution in [-0.4, -0.2) is 78.3 Å². The van der Waals surface area contributed by atoms with Gasteiger partial charge < -0.3 is 19.3 Å². The van der Waals surface area contributed by atoms with Gasteiger partial charge in [-0.05, 0) is 25.0 Å². The molecule has 1 saturated heterocycles. The highest BCUT2D eigenvalue weighted by Gasteiger charge is 2.33. The molecule has 0 N–H and O–H groups in total. The summed E-state index contributed by atoms with van der Waals surface area (Å²) in [6.45, 7) is 4.27. The number of aromatic nitrogens is 1. The molecule has 4 aliphatic rings. The van der Waals surface area contributed by atoms with Gasteiger partial charge in [0.05, 0.1) is 37.6 Å². The Kier molecular flexibility index (Phi) is 5.80. The van der Waals surface area contributed by atoms with Crippen molar-refractivity contribution < 1.29 is 23.9 Å². The van der Waals surface area contributed by atoms with Gasteiger partial charge in [0.1, 0.15) is 12.4 Å². The Bertz CT molecular complexity index is 1130. The Labute approximate surface area is 197 Å². The predicted octanol–water partition coefficient (Wildman–Crippen LogP) is 1.59. The molecule has 34 heavy (non-hydrogen) atoms. The van der Waals surface area contributed by atoms with Crippen molar-refractivity contribution in [3.8, 4) is 5.75 Å². The van der Waals surface area contributed by atoms with Gasteiger partial charge in [-0.3, -0.25) is 24.3 Å². The molecule has 0 aromatic carbocycles. The molecule has 4 aliphatic heterocycles. The van der Waals surface area contributed by atoms with Crippen molar-refractivity contribution in [3.63, 3.8) is 0 Å². The molecular formula is C24H27N5O5. The summed E-state index contributed by atoms with van der Waals surface area (Å²) in [5.74, 6) is 0.875. The fourth-order valence-corrected chi connectivity index (χ4v) is 4.67. The second-order valence-electron chi connectivity index (χ2n) is 8.85. The van der Waals surface area contributed by atoms with Crippen molar-refractivity contribution in [1.82, 2.24) is 14.8 Å². The Morgan fingerprint density at radius 2 is 2.12 bits per heavy atom. The van der Waals surface area contributed by atoms with E-state index in [2.05, 4.69) is 9.98 Å². The molecule has 0 aliphatic carbocycles. The van der Waals surface area contributed by atoms with E-state index in [1.165, 1.54) is 7.11 Å². The number of methoxy groups -OCH3 is 1. The number of nitrogens with zero attached hydrogens (tertiary/aromatic N) is 5. The number of ether oxygens (including phenoxy) is 2. The SMILES string of the molecule is COC(=O)C1CCCN(C(=O)c2cnc3c(c2)OCCN3C2=CC3=NCC(C)C(=O)N3C=C2)C1. The molecule has 0 spiro atoms. The minimum absolute atomic E-state index is 0.0346. The third kappa shape index (κ3) is 3.93. The lowest BCUT2D eigenvalue weighted by molar-refractivity contribution is -0.146. The van der Waals surface area contributed by atoms with Gasteiger partial charge in [-0.25, -0.2) is 4.98 Å². The Morgan fingerprint density at radius 1 is 1.26 bits per heavy atom. The standard InChI is InChI=1S/C24H27N5O5/c1-15-12-25-20-11-18(5-7-29(20)22(15)30)28-8-9-34-19-10-17(13-26-21(19)28)23(31)27-6-3-4-16(14-27)24(32)33-2/h5,7,10-11,13,15-16H,3-4,6,8-9,12,14H2,1-2H3. The molecule has 1 aromatic heterocycles. The van der Waals surface area contributed by atoms with Gasteiger partial charge in [-0.15, -0.1) is 0 Å². The van der Waals surface area contributed by atoms with Gasteiger partial charge in [0.2, 0.25) is 5.91 Å². The molecule has 5 heterocycles. The van der Waals surface area contributed by atoms with Gasteiger partial charge in [0, 0.05) is 37.3 Å². The summed E-state index contributed by atoms with van der Waals surface area (Å²) in [7, 11) is 1.37. The summed E-state index contributed by atoms with van der Waals surface area (Å²) < 4.78 is 10.7. The number of pyridine rings is 1. The summed E-state index contributed by atoms with van der Waals surface area (Å²) in [5.41, 5.74) is 1.27. The lowest BCUT2D eigenvalue weighted by Gasteiger charge is -2.35. The second kappa shape index (κ2) is 8.92. The second-order valence-corrected chi connectivity index (χ2v) is 8.85. The molecule has 2 atom stereocenters. The van der Waals surface area contributed by atoms with Crippen LogP contribution in [0, 0.1) is 11.8 Å². The van der Waals surface area contributed by atoms with Crippen LogP contribution < -0.4 is 9.64 Å². The van der Waals surface area contributed by atoms with Crippen LogP contribution in [0.1, 0.15) is 30.1 Å². The zero-order valence-corrected chi connectivity index (χ0v) is 19.3. The minimum Gasteiger partial charge on any atom is -0.488 e. The molecule has 2 amide bonds. The van der Waals surface area contributed by atoms with Crippen LogP contribution in [0.4, 0.5) is 5.82 Å². The number of hydrogen-bond donors (Lipinski definition) is 0. The molecule has 5 rings (SSSR count). The summed E-state index contributed by atoms with van der Waals surface area (Å²) in [6, 6.07) is 1.71. The largest absolute Gasteiger partial charge is 0.488 e. The van der Waals surface area contributed by atoms with Gasteiger partial charge >= 0.3 is 5.97 Å². The Balaban J connectivity index is 1.36. The number of amides is 2. The van der Waals surface area contributed by atoms with Crippen LogP contribution >= 0.6 is 0 Å². The monoisotopic (exact) mass is 465 g/mol. The van der Waals surface area contributed by atoms with E-state index >= 15 is 0 Å². The van der Waals surface area contributed by atoms with Crippen molar-refractivity contribution in [2.75, 3.05) is 44.8 Å². The predicted molar refractivity (Wildman–Crippen MR) is 123 cm³/mol. The number of likely N-dealkylation sites (tertiary alicyclic amines) is 1. The highest BCUT2D eigenvalue weighted by Crippen LogP contribution is 2.34. The zero-order chi connectivity index (χ0) is 23.8. The molecule has 1 aromatic rings. The number of anilines is 1. The highest BCUT2D eigenvalue weighted by molar-refractivity contribution is 6.09. The molecule has 0 saturated carbocycles. The fraction of sp³-hybridized carbons (Fsp3) is 0.458. The van der Waals surface area contributed by atoms with Crippen LogP contribution in [0.15, 0.2) is 41.3 Å². The Morgan fingerprint density at radius 3 is 2.94 bits per heavy atom. The Hall–Kier alpha value is -3.69. The van der Waals surface area contributed by atoms with E-state index in [4.69, 9.17) is 9.47 Å². The summed E-state index contributed by atoms with van der Waals surface area (Å²) in [6.07, 6.45) is 8.50. The smallest absolute Gasteiger partial charge is 0.310 e. The van der Waals surface area contributed by atoms with Crippen LogP contribution in [-0.2, 0) is 14.3 Å². The summed E-state index contributed by atoms with van der Waals surface area (Å²) >= 11 is 0. The van der Waals surface area contributed by atoms with Crippen molar-refractivity contribution in [1.29, 1.82) is 0 Å². The van der Waals surface area contributed by atoms with E-state index in [-0.39, 0.29) is 29.6 Å². The third-order valence-corrected chi connectivity index (χ3v) is 6.57. The average molecular weight is 466 g/mol. The number of rotatable bonds is 3. The molecule has 10 nitrogen and oxygen atoms in total. The molecule has 0 bridgehead atoms. The highest BCUT2D eigenvalue weighted by atomic mass is 16.5. The number of aliphatic imine (C=N–C) groups is 1. The molecule has 178 valence electrons. The first-order chi connectivity index (χ1) is 16.5. The number of hydrogen-bond acceptors (Lipinski definition) is 8. The molecule has 2 unspecified atom stereocenters. The first-order valence-electron chi connectivity index (χ1n) is 11.5. The summed E-state index contributed by atoms with van der Waals surface area (Å²) in [5, 5.41) is 0. The molecule has 10 heteroatoms. The van der Waals surface area contributed by atoms with Crippen molar-refractivity contribution in [2.24, 2.45) is 16.8 Å². The van der Waals surface area contributed by atoms with E-state index in [0.717, 1.165) is 12.1 Å². The van der Waals surface area contributed by atoms with Crippen LogP contribution in [0.5, 0.6) is 5.75 Å². The van der Waals surface area contributed by atoms with Crippen molar-refractivity contribution >= 4 is 29.4 Å². The lowest BCUT2D eigenvalue weighted by Crippen LogP contribution is -2.43. The number of carbonyl (C=O) groups is 3. The number of fused-ring (bicyclic) bond motifs is 2. The van der Waals surface area contributed by atoms with E-state index in [0.29, 0.717) is 62.2 Å². The number of amidine groups is 1. The van der Waals surface area contributed by atoms with Crippen molar-refractivity contribution in [3.05, 3.63) is 41.9 Å². The number of piperidine rings is 1. The number of esters is 1. The van der Waals surface area contributed by atoms with Gasteiger partial charge in [-0.2, -0.15) is 0 Å². The maximum Gasteiger partial charge on any atom is 0.310 e. The molecular weight excluding hydrogens is 438 g/mol. The normalized spacial score (nSPS) is 23.9. The van der Waals surface area contributed by atoms with E-state index in [1.54, 1.807) is 28.3 Å². The van der Waals surface area contributed by atoms with Crippen LogP contribution in [0.25, 0.3) is 0 Å². The average Bonchev–Trinajstić information content (AvgIpc) is 2.89. The summed E-state index contributed by atoms with van der Waals surface area (Å²) in [4.78, 5) is 51.8. The lowest BCUT2D eigenvalue weighted by atomic mass is 9.97. The van der Waals surface area contributed by atoms with Gasteiger partial charge in [-0.1, -0.05) is 6.92 Å². The number of allylic oxidation sites excluding steroid dienone is 1.